The number of esters is 6. The van der Waals surface area contributed by atoms with Crippen LogP contribution in [0, 0.1) is 0 Å². The van der Waals surface area contributed by atoms with Crippen LogP contribution in [0.4, 0.5) is 0 Å². The Kier molecular flexibility index (Phi) is 11.6. The van der Waals surface area contributed by atoms with E-state index in [2.05, 4.69) is 0 Å². The molecule has 0 spiro atoms. The van der Waals surface area contributed by atoms with E-state index < -0.39 is 97.7 Å². The number of hydrogen-bond acceptors (Lipinski definition) is 16. The molecule has 0 aromatic heterocycles. The highest BCUT2D eigenvalue weighted by atomic mass is 16.7. The third kappa shape index (κ3) is 9.42. The van der Waals surface area contributed by atoms with Crippen LogP contribution < -0.4 is 0 Å². The van der Waals surface area contributed by atoms with Gasteiger partial charge in [-0.2, -0.15) is 0 Å². The number of rotatable bonds is 9. The van der Waals surface area contributed by atoms with E-state index in [0.717, 1.165) is 41.5 Å². The molecule has 1 N–H and O–H groups in total. The highest BCUT2D eigenvalue weighted by Gasteiger charge is 2.53. The lowest BCUT2D eigenvalue weighted by Gasteiger charge is -2.44. The summed E-state index contributed by atoms with van der Waals surface area (Å²) >= 11 is 0. The molecule has 0 aromatic carbocycles. The highest BCUT2D eigenvalue weighted by Crippen LogP contribution is 2.30. The molecular weight excluding hydrogens is 532 g/mol. The van der Waals surface area contributed by atoms with Crippen molar-refractivity contribution in [1.82, 2.24) is 0 Å². The Bertz CT molecular complexity index is 933. The summed E-state index contributed by atoms with van der Waals surface area (Å²) in [5.74, 6) is -4.79. The number of aliphatic hydroxyl groups is 1. The molecule has 16 heteroatoms. The Hall–Kier alpha value is -3.34. The molecule has 0 saturated carbocycles. The minimum absolute atomic E-state index is 0.327. The van der Waals surface area contributed by atoms with Crippen molar-refractivity contribution in [3.63, 3.8) is 0 Å². The molecule has 2 rings (SSSR count). The fourth-order valence-corrected chi connectivity index (χ4v) is 4.05. The van der Waals surface area contributed by atoms with Gasteiger partial charge in [0.1, 0.15) is 6.10 Å². The summed E-state index contributed by atoms with van der Waals surface area (Å²) < 4.78 is 47.9. The second-order valence-electron chi connectivity index (χ2n) is 8.62. The molecule has 2 saturated heterocycles. The largest absolute Gasteiger partial charge is 0.456 e. The summed E-state index contributed by atoms with van der Waals surface area (Å²) in [4.78, 5) is 70.3. The van der Waals surface area contributed by atoms with Crippen molar-refractivity contribution in [3.8, 4) is 0 Å². The maximum absolute atomic E-state index is 11.8. The predicted molar refractivity (Wildman–Crippen MR) is 120 cm³/mol. The summed E-state index contributed by atoms with van der Waals surface area (Å²) in [5.41, 5.74) is 0. The van der Waals surface area contributed by atoms with Gasteiger partial charge in [-0.1, -0.05) is 0 Å². The zero-order valence-electron chi connectivity index (χ0n) is 22.2. The predicted octanol–water partition coefficient (Wildman–Crippen LogP) is -1.33. The van der Waals surface area contributed by atoms with Gasteiger partial charge in [0.15, 0.2) is 49.2 Å². The van der Waals surface area contributed by atoms with Gasteiger partial charge < -0.3 is 47.7 Å². The van der Waals surface area contributed by atoms with Crippen LogP contribution in [0.3, 0.4) is 0 Å². The van der Waals surface area contributed by atoms with Crippen molar-refractivity contribution < 1.29 is 76.5 Å². The van der Waals surface area contributed by atoms with Crippen molar-refractivity contribution in [2.75, 3.05) is 13.2 Å². The van der Waals surface area contributed by atoms with Gasteiger partial charge in [-0.25, -0.2) is 0 Å². The van der Waals surface area contributed by atoms with E-state index in [9.17, 15) is 33.9 Å². The van der Waals surface area contributed by atoms with Crippen molar-refractivity contribution in [2.24, 2.45) is 0 Å². The van der Waals surface area contributed by atoms with Crippen LogP contribution in [0.5, 0.6) is 0 Å². The first kappa shape index (κ1) is 31.9. The molecule has 0 unspecified atom stereocenters. The van der Waals surface area contributed by atoms with E-state index in [0.29, 0.717) is 0 Å². The van der Waals surface area contributed by atoms with Gasteiger partial charge in [0.25, 0.3) is 0 Å². The van der Waals surface area contributed by atoms with Gasteiger partial charge in [-0.05, 0) is 0 Å². The summed E-state index contributed by atoms with van der Waals surface area (Å²) in [7, 11) is 0. The quantitative estimate of drug-likeness (QED) is 0.254. The fraction of sp³-hybridized carbons (Fsp3) is 0.739. The van der Waals surface area contributed by atoms with Gasteiger partial charge in [-0.3, -0.25) is 28.8 Å². The molecule has 2 aliphatic heterocycles. The van der Waals surface area contributed by atoms with E-state index in [1.54, 1.807) is 0 Å². The Morgan fingerprint density at radius 2 is 1.05 bits per heavy atom. The van der Waals surface area contributed by atoms with E-state index in [1.165, 1.54) is 0 Å². The van der Waals surface area contributed by atoms with Crippen molar-refractivity contribution in [1.29, 1.82) is 0 Å². The summed E-state index contributed by atoms with van der Waals surface area (Å²) in [5, 5.41) is 10.5. The molecule has 220 valence electrons. The first-order valence-electron chi connectivity index (χ1n) is 11.8. The molecule has 0 aromatic rings. The van der Waals surface area contributed by atoms with Gasteiger partial charge >= 0.3 is 35.8 Å². The smallest absolute Gasteiger partial charge is 0.303 e. The van der Waals surface area contributed by atoms with E-state index >= 15 is 0 Å². The first-order chi connectivity index (χ1) is 18.2. The van der Waals surface area contributed by atoms with E-state index in [4.69, 9.17) is 42.6 Å². The number of aliphatic hydroxyl groups excluding tert-OH is 1. The first-order valence-corrected chi connectivity index (χ1v) is 11.8. The summed E-state index contributed by atoms with van der Waals surface area (Å²) in [6, 6.07) is 0. The molecule has 9 atom stereocenters. The molecule has 0 bridgehead atoms. The molecular formula is C23H32O16. The van der Waals surface area contributed by atoms with Crippen LogP contribution >= 0.6 is 0 Å². The van der Waals surface area contributed by atoms with Gasteiger partial charge in [0, 0.05) is 41.5 Å². The van der Waals surface area contributed by atoms with Crippen LogP contribution in [-0.2, 0) is 71.4 Å². The lowest BCUT2D eigenvalue weighted by Crippen LogP contribution is -2.63. The van der Waals surface area contributed by atoms with Crippen LogP contribution in [0.2, 0.25) is 0 Å². The van der Waals surface area contributed by atoms with Gasteiger partial charge in [0.05, 0.1) is 13.2 Å². The second kappa shape index (κ2) is 14.2. The zero-order valence-corrected chi connectivity index (χ0v) is 22.2. The molecule has 2 fully saturated rings. The Balaban J connectivity index is 2.32. The monoisotopic (exact) mass is 564 g/mol. The number of carbonyl (C=O) groups excluding carboxylic acids is 6. The fourth-order valence-electron chi connectivity index (χ4n) is 4.05. The van der Waals surface area contributed by atoms with Crippen molar-refractivity contribution in [3.05, 3.63) is 0 Å². The number of ether oxygens (including phenoxy) is 9. The molecule has 16 nitrogen and oxygen atoms in total. The second-order valence-corrected chi connectivity index (χ2v) is 8.62. The average Bonchev–Trinajstić information content (AvgIpc) is 2.78. The average molecular weight is 564 g/mol. The Morgan fingerprint density at radius 1 is 0.615 bits per heavy atom. The lowest BCUT2D eigenvalue weighted by molar-refractivity contribution is -0.317. The third-order valence-electron chi connectivity index (χ3n) is 5.24. The van der Waals surface area contributed by atoms with E-state index in [1.807, 2.05) is 0 Å². The minimum atomic E-state index is -1.84. The van der Waals surface area contributed by atoms with E-state index in [-0.39, 0.29) is 6.61 Å². The molecule has 0 amide bonds. The molecule has 0 radical (unpaired) electrons. The maximum atomic E-state index is 11.8. The molecule has 2 aliphatic rings. The van der Waals surface area contributed by atoms with Gasteiger partial charge in [-0.15, -0.1) is 0 Å². The Morgan fingerprint density at radius 3 is 1.56 bits per heavy atom. The van der Waals surface area contributed by atoms with Crippen LogP contribution in [-0.4, -0.2) is 109 Å². The van der Waals surface area contributed by atoms with Crippen LogP contribution in [0.25, 0.3) is 0 Å². The highest BCUT2D eigenvalue weighted by molar-refractivity contribution is 5.69. The SMILES string of the molecule is CC(=O)O[C@@H]1[C@@H](OC(C)=O)[C@@H](O)O[C@H](CO[C@@H]2OC[C@@H](OC(C)=O)[C@H](OC(C)=O)[C@H]2OC(C)=O)[C@H]1OC(C)=O. The van der Waals surface area contributed by atoms with Crippen LogP contribution in [0.15, 0.2) is 0 Å². The Labute approximate surface area is 223 Å². The molecule has 2 heterocycles. The lowest BCUT2D eigenvalue weighted by atomic mass is 9.98. The normalized spacial score (nSPS) is 32.2. The molecule has 0 aliphatic carbocycles. The topological polar surface area (TPSA) is 206 Å². The number of carbonyl (C=O) groups is 6. The molecule has 39 heavy (non-hydrogen) atoms. The summed E-state index contributed by atoms with van der Waals surface area (Å²) in [6.45, 7) is 5.60. The number of hydrogen-bond donors (Lipinski definition) is 1. The van der Waals surface area contributed by atoms with Crippen LogP contribution in [0.1, 0.15) is 41.5 Å². The van der Waals surface area contributed by atoms with Gasteiger partial charge in [0.2, 0.25) is 0 Å². The zero-order chi connectivity index (χ0) is 29.4. The van der Waals surface area contributed by atoms with Crippen molar-refractivity contribution in [2.45, 2.75) is 96.9 Å². The minimum Gasteiger partial charge on any atom is -0.456 e. The third-order valence-corrected chi connectivity index (χ3v) is 5.24. The summed E-state index contributed by atoms with van der Waals surface area (Å²) in [6.07, 6.45) is -13.0. The van der Waals surface area contributed by atoms with Crippen molar-refractivity contribution >= 4 is 35.8 Å². The standard InChI is InChI=1S/C23H32O16/c1-9(24)33-15-7-31-23(21(38-14(6)29)18(15)35-11(3)26)32-8-16-17(34-10(2)25)19(36-12(4)27)20(22(30)39-16)37-13(5)28/h15-23,30H,7-8H2,1-6H3/t15-,16-,17-,18+,19+,20-,21-,22+,23+/m1/s1. The maximum Gasteiger partial charge on any atom is 0.303 e.